The van der Waals surface area contributed by atoms with Gasteiger partial charge in [0.2, 0.25) is 5.91 Å². The molecule has 0 saturated carbocycles. The zero-order chi connectivity index (χ0) is 18.6. The van der Waals surface area contributed by atoms with Crippen LogP contribution < -0.4 is 4.74 Å². The molecule has 1 aromatic rings. The Hall–Kier alpha value is -1.59. The first kappa shape index (κ1) is 18.8. The Morgan fingerprint density at radius 1 is 1.00 bits per heavy atom. The Balaban J connectivity index is 1.32. The molecule has 2 atom stereocenters. The molecule has 4 rings (SSSR count). The first-order chi connectivity index (χ1) is 13.3. The van der Waals surface area contributed by atoms with Crippen LogP contribution in [0, 0.1) is 5.92 Å². The highest BCUT2D eigenvalue weighted by Crippen LogP contribution is 2.32. The molecule has 3 fully saturated rings. The van der Waals surface area contributed by atoms with E-state index in [-0.39, 0.29) is 5.92 Å². The fourth-order valence-electron chi connectivity index (χ4n) is 5.18. The highest BCUT2D eigenvalue weighted by atomic mass is 16.5. The predicted octanol–water partition coefficient (Wildman–Crippen LogP) is 2.60. The number of fused-ring (bicyclic) bond motifs is 1. The molecule has 3 aliphatic rings. The van der Waals surface area contributed by atoms with Gasteiger partial charge >= 0.3 is 0 Å². The molecule has 0 spiro atoms. The van der Waals surface area contributed by atoms with Crippen molar-refractivity contribution in [2.24, 2.45) is 5.92 Å². The number of hydrogen-bond donors (Lipinski definition) is 0. The van der Waals surface area contributed by atoms with Crippen molar-refractivity contribution in [1.82, 2.24) is 14.7 Å². The van der Waals surface area contributed by atoms with E-state index in [0.29, 0.717) is 11.9 Å². The van der Waals surface area contributed by atoms with E-state index in [1.54, 1.807) is 7.11 Å². The van der Waals surface area contributed by atoms with Gasteiger partial charge in [0.15, 0.2) is 0 Å². The van der Waals surface area contributed by atoms with Gasteiger partial charge in [0.1, 0.15) is 5.75 Å². The third kappa shape index (κ3) is 4.14. The topological polar surface area (TPSA) is 36.0 Å². The van der Waals surface area contributed by atoms with Crippen LogP contribution in [0.3, 0.4) is 0 Å². The van der Waals surface area contributed by atoms with Gasteiger partial charge in [-0.2, -0.15) is 0 Å². The molecular formula is C22H33N3O2. The molecule has 0 unspecified atom stereocenters. The number of amides is 1. The average molecular weight is 372 g/mol. The molecule has 5 heteroatoms. The van der Waals surface area contributed by atoms with Gasteiger partial charge in [-0.1, -0.05) is 24.6 Å². The standard InChI is InChI=1S/C22H33N3O2/c1-27-21-10-3-2-7-18(21)17-23-13-15-25(16-14-23)22(26)19-8-6-12-24-11-5-4-9-20(19)24/h2-3,7,10,19-20H,4-6,8-9,11-17H2,1H3/t19-,20-/m1/s1. The molecule has 5 nitrogen and oxygen atoms in total. The van der Waals surface area contributed by atoms with Crippen LogP contribution in [0.15, 0.2) is 24.3 Å². The normalized spacial score (nSPS) is 27.2. The summed E-state index contributed by atoms with van der Waals surface area (Å²) < 4.78 is 5.48. The lowest BCUT2D eigenvalue weighted by molar-refractivity contribution is -0.142. The van der Waals surface area contributed by atoms with Gasteiger partial charge in [-0.05, 0) is 44.8 Å². The SMILES string of the molecule is COc1ccccc1CN1CCN(C(=O)[C@@H]2CCCN3CCCC[C@H]23)CC1. The predicted molar refractivity (Wildman–Crippen MR) is 107 cm³/mol. The lowest BCUT2D eigenvalue weighted by atomic mass is 9.82. The Bertz CT molecular complexity index is 640. The van der Waals surface area contributed by atoms with E-state index in [1.807, 2.05) is 12.1 Å². The summed E-state index contributed by atoms with van der Waals surface area (Å²) in [5.74, 6) is 1.61. The molecule has 0 N–H and O–H groups in total. The van der Waals surface area contributed by atoms with Gasteiger partial charge in [0.25, 0.3) is 0 Å². The highest BCUT2D eigenvalue weighted by molar-refractivity contribution is 5.80. The maximum absolute atomic E-state index is 13.2. The van der Waals surface area contributed by atoms with Crippen molar-refractivity contribution in [2.45, 2.75) is 44.7 Å². The van der Waals surface area contributed by atoms with Crippen molar-refractivity contribution in [3.63, 3.8) is 0 Å². The lowest BCUT2D eigenvalue weighted by Gasteiger charge is -2.46. The maximum Gasteiger partial charge on any atom is 0.227 e. The average Bonchev–Trinajstić information content (AvgIpc) is 2.74. The van der Waals surface area contributed by atoms with Crippen LogP contribution in [0.4, 0.5) is 0 Å². The molecule has 3 saturated heterocycles. The maximum atomic E-state index is 13.2. The highest BCUT2D eigenvalue weighted by Gasteiger charge is 2.39. The summed E-state index contributed by atoms with van der Waals surface area (Å²) in [6.07, 6.45) is 6.07. The lowest BCUT2D eigenvalue weighted by Crippen LogP contribution is -2.56. The van der Waals surface area contributed by atoms with E-state index in [9.17, 15) is 4.79 Å². The first-order valence-electron chi connectivity index (χ1n) is 10.6. The summed E-state index contributed by atoms with van der Waals surface area (Å²) in [6.45, 7) is 6.90. The Morgan fingerprint density at radius 2 is 1.78 bits per heavy atom. The molecular weight excluding hydrogens is 338 g/mol. The van der Waals surface area contributed by atoms with Crippen molar-refractivity contribution in [3.05, 3.63) is 29.8 Å². The zero-order valence-corrected chi connectivity index (χ0v) is 16.6. The molecule has 1 amide bonds. The smallest absolute Gasteiger partial charge is 0.227 e. The molecule has 1 aromatic carbocycles. The molecule has 0 bridgehead atoms. The summed E-state index contributed by atoms with van der Waals surface area (Å²) in [5, 5.41) is 0. The first-order valence-corrected chi connectivity index (χ1v) is 10.6. The number of piperazine rings is 1. The van der Waals surface area contributed by atoms with Crippen molar-refractivity contribution < 1.29 is 9.53 Å². The number of methoxy groups -OCH3 is 1. The van der Waals surface area contributed by atoms with Crippen molar-refractivity contribution in [1.29, 1.82) is 0 Å². The fourth-order valence-corrected chi connectivity index (χ4v) is 5.18. The number of carbonyl (C=O) groups is 1. The van der Waals surface area contributed by atoms with Crippen LogP contribution >= 0.6 is 0 Å². The van der Waals surface area contributed by atoms with Crippen LogP contribution in [0.2, 0.25) is 0 Å². The number of piperidine rings is 2. The molecule has 0 aromatic heterocycles. The number of nitrogens with zero attached hydrogens (tertiary/aromatic N) is 3. The van der Waals surface area contributed by atoms with E-state index >= 15 is 0 Å². The van der Waals surface area contributed by atoms with Crippen LogP contribution in [-0.2, 0) is 11.3 Å². The van der Waals surface area contributed by atoms with Crippen LogP contribution in [0.25, 0.3) is 0 Å². The third-order valence-corrected chi connectivity index (χ3v) is 6.68. The molecule has 0 aliphatic carbocycles. The molecule has 27 heavy (non-hydrogen) atoms. The van der Waals surface area contributed by atoms with Gasteiger partial charge in [-0.3, -0.25) is 14.6 Å². The van der Waals surface area contributed by atoms with Crippen molar-refractivity contribution in [2.75, 3.05) is 46.4 Å². The van der Waals surface area contributed by atoms with Gasteiger partial charge in [0.05, 0.1) is 13.0 Å². The molecule has 0 radical (unpaired) electrons. The van der Waals surface area contributed by atoms with E-state index in [2.05, 4.69) is 26.8 Å². The quantitative estimate of drug-likeness (QED) is 0.815. The van der Waals surface area contributed by atoms with E-state index in [0.717, 1.165) is 44.9 Å². The second-order valence-electron chi connectivity index (χ2n) is 8.26. The number of ether oxygens (including phenoxy) is 1. The minimum absolute atomic E-state index is 0.236. The number of hydrogen-bond acceptors (Lipinski definition) is 4. The number of rotatable bonds is 4. The molecule has 148 valence electrons. The van der Waals surface area contributed by atoms with Crippen molar-refractivity contribution in [3.8, 4) is 5.75 Å². The second-order valence-corrected chi connectivity index (χ2v) is 8.26. The summed E-state index contributed by atoms with van der Waals surface area (Å²) >= 11 is 0. The fraction of sp³-hybridized carbons (Fsp3) is 0.682. The number of benzene rings is 1. The van der Waals surface area contributed by atoms with Gasteiger partial charge in [-0.25, -0.2) is 0 Å². The summed E-state index contributed by atoms with van der Waals surface area (Å²) in [7, 11) is 1.73. The number of para-hydroxylation sites is 1. The summed E-state index contributed by atoms with van der Waals surface area (Å²) in [6, 6.07) is 8.74. The van der Waals surface area contributed by atoms with Crippen LogP contribution in [-0.4, -0.2) is 73.0 Å². The van der Waals surface area contributed by atoms with Gasteiger partial charge < -0.3 is 9.64 Å². The minimum Gasteiger partial charge on any atom is -0.496 e. The van der Waals surface area contributed by atoms with E-state index in [4.69, 9.17) is 4.74 Å². The zero-order valence-electron chi connectivity index (χ0n) is 16.6. The van der Waals surface area contributed by atoms with E-state index < -0.39 is 0 Å². The van der Waals surface area contributed by atoms with Gasteiger partial charge in [0, 0.05) is 44.3 Å². The second kappa shape index (κ2) is 8.61. The van der Waals surface area contributed by atoms with Crippen LogP contribution in [0.5, 0.6) is 5.75 Å². The van der Waals surface area contributed by atoms with Crippen molar-refractivity contribution >= 4 is 5.91 Å². The molecule has 3 heterocycles. The van der Waals surface area contributed by atoms with Gasteiger partial charge in [-0.15, -0.1) is 0 Å². The monoisotopic (exact) mass is 371 g/mol. The Morgan fingerprint density at radius 3 is 2.59 bits per heavy atom. The third-order valence-electron chi connectivity index (χ3n) is 6.68. The molecule has 3 aliphatic heterocycles. The minimum atomic E-state index is 0.236. The Labute approximate surface area is 163 Å². The summed E-state index contributed by atoms with van der Waals surface area (Å²) in [4.78, 5) is 20.4. The van der Waals surface area contributed by atoms with Crippen LogP contribution in [0.1, 0.15) is 37.7 Å². The van der Waals surface area contributed by atoms with E-state index in [1.165, 1.54) is 44.3 Å². The Kier molecular flexibility index (Phi) is 5.98. The largest absolute Gasteiger partial charge is 0.496 e. The summed E-state index contributed by atoms with van der Waals surface area (Å²) in [5.41, 5.74) is 1.23. The number of carbonyl (C=O) groups excluding carboxylic acids is 1.